The van der Waals surface area contributed by atoms with Crippen LogP contribution in [0.2, 0.25) is 0 Å². The first-order chi connectivity index (χ1) is 9.02. The highest BCUT2D eigenvalue weighted by Crippen LogP contribution is 2.25. The van der Waals surface area contributed by atoms with E-state index < -0.39 is 5.60 Å². The normalized spacial score (nSPS) is 20.3. The number of nitrogens with zero attached hydrogens (tertiary/aromatic N) is 2. The Hall–Kier alpha value is -1.13. The van der Waals surface area contributed by atoms with E-state index in [-0.39, 0.29) is 0 Å². The van der Waals surface area contributed by atoms with Gasteiger partial charge >= 0.3 is 0 Å². The van der Waals surface area contributed by atoms with Crippen LogP contribution in [0.3, 0.4) is 0 Å². The van der Waals surface area contributed by atoms with Crippen LogP contribution < -0.4 is 10.2 Å². The van der Waals surface area contributed by atoms with Gasteiger partial charge in [0.1, 0.15) is 0 Å². The molecule has 0 radical (unpaired) electrons. The molecule has 1 aliphatic heterocycles. The van der Waals surface area contributed by atoms with Crippen molar-refractivity contribution in [2.75, 3.05) is 24.5 Å². The summed E-state index contributed by atoms with van der Waals surface area (Å²) in [5, 5.41) is 13.3. The van der Waals surface area contributed by atoms with E-state index in [1.807, 2.05) is 13.1 Å². The maximum atomic E-state index is 9.96. The molecular weight excluding hydrogens is 238 g/mol. The fourth-order valence-electron chi connectivity index (χ4n) is 2.50. The van der Waals surface area contributed by atoms with E-state index in [2.05, 4.69) is 41.2 Å². The standard InChI is InChI=1S/C15H25N3O/c1-4-16-12(2)14-6-5-13(11-17-14)18-9-7-15(3,19)8-10-18/h5-6,11-12,16,19H,4,7-10H2,1-3H3. The fourth-order valence-corrected chi connectivity index (χ4v) is 2.50. The minimum atomic E-state index is -0.497. The third-order valence-electron chi connectivity index (χ3n) is 3.93. The van der Waals surface area contributed by atoms with Crippen molar-refractivity contribution < 1.29 is 5.11 Å². The van der Waals surface area contributed by atoms with Gasteiger partial charge in [-0.15, -0.1) is 0 Å². The first-order valence-electron chi connectivity index (χ1n) is 7.18. The number of hydrogen-bond donors (Lipinski definition) is 2. The number of pyridine rings is 1. The molecule has 2 rings (SSSR count). The number of anilines is 1. The fraction of sp³-hybridized carbons (Fsp3) is 0.667. The summed E-state index contributed by atoms with van der Waals surface area (Å²) in [5.74, 6) is 0. The zero-order chi connectivity index (χ0) is 13.9. The topological polar surface area (TPSA) is 48.4 Å². The molecule has 0 saturated carbocycles. The molecule has 4 heteroatoms. The summed E-state index contributed by atoms with van der Waals surface area (Å²) in [6, 6.07) is 4.52. The molecular formula is C15H25N3O. The Morgan fingerprint density at radius 1 is 1.42 bits per heavy atom. The summed E-state index contributed by atoms with van der Waals surface area (Å²) in [6.07, 6.45) is 3.59. The van der Waals surface area contributed by atoms with Crippen LogP contribution in [0.5, 0.6) is 0 Å². The number of hydrogen-bond acceptors (Lipinski definition) is 4. The summed E-state index contributed by atoms with van der Waals surface area (Å²) < 4.78 is 0. The minimum Gasteiger partial charge on any atom is -0.390 e. The van der Waals surface area contributed by atoms with Gasteiger partial charge in [0, 0.05) is 19.1 Å². The molecule has 0 amide bonds. The van der Waals surface area contributed by atoms with Gasteiger partial charge in [-0.1, -0.05) is 6.92 Å². The van der Waals surface area contributed by atoms with E-state index in [0.717, 1.165) is 43.9 Å². The van der Waals surface area contributed by atoms with Crippen LogP contribution in [0.1, 0.15) is 45.3 Å². The summed E-state index contributed by atoms with van der Waals surface area (Å²) in [4.78, 5) is 6.84. The van der Waals surface area contributed by atoms with Crippen LogP contribution in [-0.4, -0.2) is 35.3 Å². The zero-order valence-electron chi connectivity index (χ0n) is 12.2. The Bertz CT molecular complexity index is 392. The van der Waals surface area contributed by atoms with Gasteiger partial charge < -0.3 is 15.3 Å². The molecule has 0 bridgehead atoms. The SMILES string of the molecule is CCNC(C)c1ccc(N2CCC(C)(O)CC2)cn1. The highest BCUT2D eigenvalue weighted by atomic mass is 16.3. The predicted molar refractivity (Wildman–Crippen MR) is 78.4 cm³/mol. The van der Waals surface area contributed by atoms with Crippen molar-refractivity contribution in [3.05, 3.63) is 24.0 Å². The van der Waals surface area contributed by atoms with Crippen molar-refractivity contribution in [2.45, 2.75) is 45.3 Å². The van der Waals surface area contributed by atoms with Crippen molar-refractivity contribution >= 4 is 5.69 Å². The van der Waals surface area contributed by atoms with Gasteiger partial charge in [0.05, 0.1) is 23.2 Å². The molecule has 1 unspecified atom stereocenters. The maximum Gasteiger partial charge on any atom is 0.0653 e. The van der Waals surface area contributed by atoms with Crippen molar-refractivity contribution in [1.29, 1.82) is 0 Å². The van der Waals surface area contributed by atoms with Crippen molar-refractivity contribution in [3.8, 4) is 0 Å². The van der Waals surface area contributed by atoms with E-state index in [4.69, 9.17) is 0 Å². The highest BCUT2D eigenvalue weighted by Gasteiger charge is 2.27. The quantitative estimate of drug-likeness (QED) is 0.873. The first-order valence-corrected chi connectivity index (χ1v) is 7.18. The Balaban J connectivity index is 1.99. The molecule has 0 aliphatic carbocycles. The number of piperidine rings is 1. The average molecular weight is 263 g/mol. The molecule has 1 aromatic heterocycles. The lowest BCUT2D eigenvalue weighted by atomic mass is 9.93. The molecule has 0 aromatic carbocycles. The summed E-state index contributed by atoms with van der Waals surface area (Å²) in [5.41, 5.74) is 1.74. The van der Waals surface area contributed by atoms with Crippen molar-refractivity contribution in [3.63, 3.8) is 0 Å². The molecule has 1 aliphatic rings. The molecule has 1 fully saturated rings. The Kier molecular flexibility index (Phi) is 4.42. The number of rotatable bonds is 4. The number of aliphatic hydroxyl groups is 1. The molecule has 1 aromatic rings. The third-order valence-corrected chi connectivity index (χ3v) is 3.93. The van der Waals surface area contributed by atoms with Crippen LogP contribution >= 0.6 is 0 Å². The first kappa shape index (κ1) is 14.3. The predicted octanol–water partition coefficient (Wildman–Crippen LogP) is 2.10. The second kappa shape index (κ2) is 5.88. The lowest BCUT2D eigenvalue weighted by molar-refractivity contribution is 0.0351. The van der Waals surface area contributed by atoms with Gasteiger partial charge in [0.25, 0.3) is 0 Å². The lowest BCUT2D eigenvalue weighted by Gasteiger charge is -2.37. The zero-order valence-corrected chi connectivity index (χ0v) is 12.2. The van der Waals surface area contributed by atoms with Crippen LogP contribution in [0, 0.1) is 0 Å². The highest BCUT2D eigenvalue weighted by molar-refractivity contribution is 5.45. The Morgan fingerprint density at radius 2 is 2.11 bits per heavy atom. The molecule has 2 heterocycles. The maximum absolute atomic E-state index is 9.96. The second-order valence-corrected chi connectivity index (χ2v) is 5.70. The molecule has 4 nitrogen and oxygen atoms in total. The Morgan fingerprint density at radius 3 is 2.63 bits per heavy atom. The largest absolute Gasteiger partial charge is 0.390 e. The number of nitrogens with one attached hydrogen (secondary N) is 1. The van der Waals surface area contributed by atoms with Crippen LogP contribution in [0.25, 0.3) is 0 Å². The van der Waals surface area contributed by atoms with Gasteiger partial charge in [0.2, 0.25) is 0 Å². The van der Waals surface area contributed by atoms with E-state index in [1.54, 1.807) is 0 Å². The second-order valence-electron chi connectivity index (χ2n) is 5.70. The smallest absolute Gasteiger partial charge is 0.0653 e. The molecule has 106 valence electrons. The monoisotopic (exact) mass is 263 g/mol. The lowest BCUT2D eigenvalue weighted by Crippen LogP contribution is -2.42. The van der Waals surface area contributed by atoms with Gasteiger partial charge in [0.15, 0.2) is 0 Å². The average Bonchev–Trinajstić information content (AvgIpc) is 2.39. The van der Waals surface area contributed by atoms with Gasteiger partial charge in [-0.25, -0.2) is 0 Å². The van der Waals surface area contributed by atoms with E-state index in [1.165, 1.54) is 0 Å². The van der Waals surface area contributed by atoms with Crippen molar-refractivity contribution in [2.24, 2.45) is 0 Å². The van der Waals surface area contributed by atoms with Gasteiger partial charge in [-0.05, 0) is 45.4 Å². The van der Waals surface area contributed by atoms with E-state index in [9.17, 15) is 5.11 Å². The number of aromatic nitrogens is 1. The van der Waals surface area contributed by atoms with Crippen LogP contribution in [-0.2, 0) is 0 Å². The van der Waals surface area contributed by atoms with E-state index >= 15 is 0 Å². The minimum absolute atomic E-state index is 0.293. The van der Waals surface area contributed by atoms with Crippen LogP contribution in [0.15, 0.2) is 18.3 Å². The van der Waals surface area contributed by atoms with Gasteiger partial charge in [-0.3, -0.25) is 4.98 Å². The molecule has 19 heavy (non-hydrogen) atoms. The summed E-state index contributed by atoms with van der Waals surface area (Å²) in [6.45, 7) is 8.90. The van der Waals surface area contributed by atoms with Crippen LogP contribution in [0.4, 0.5) is 5.69 Å². The molecule has 1 atom stereocenters. The van der Waals surface area contributed by atoms with Crippen molar-refractivity contribution in [1.82, 2.24) is 10.3 Å². The molecule has 2 N–H and O–H groups in total. The molecule has 1 saturated heterocycles. The Labute approximate surface area is 115 Å². The molecule has 0 spiro atoms. The third kappa shape index (κ3) is 3.67. The van der Waals surface area contributed by atoms with E-state index in [0.29, 0.717) is 6.04 Å². The summed E-state index contributed by atoms with van der Waals surface area (Å²) >= 11 is 0. The van der Waals surface area contributed by atoms with Gasteiger partial charge in [-0.2, -0.15) is 0 Å². The summed E-state index contributed by atoms with van der Waals surface area (Å²) in [7, 11) is 0.